The molecular formula is C18H28Cl2SiTi-2. The molecule has 0 aromatic rings. The van der Waals surface area contributed by atoms with Gasteiger partial charge in [-0.3, -0.25) is 12.2 Å². The molecule has 2 rings (SSSR count). The van der Waals surface area contributed by atoms with Gasteiger partial charge in [0.2, 0.25) is 0 Å². The second kappa shape index (κ2) is 13.9. The number of allylic oxidation sites excluding steroid dienone is 8. The molecule has 0 spiro atoms. The van der Waals surface area contributed by atoms with Gasteiger partial charge in [0.15, 0.2) is 0 Å². The maximum absolute atomic E-state index is 3.29. The first-order chi connectivity index (χ1) is 9.13. The molecule has 0 bridgehead atoms. The van der Waals surface area contributed by atoms with Crippen molar-refractivity contribution >= 4 is 6.19 Å². The van der Waals surface area contributed by atoms with E-state index in [9.17, 15) is 0 Å². The van der Waals surface area contributed by atoms with Crippen molar-refractivity contribution < 1.29 is 44.0 Å². The maximum Gasteiger partial charge on any atom is -1.00 e. The predicted octanol–water partition coefficient (Wildman–Crippen LogP) is -0.544. The summed E-state index contributed by atoms with van der Waals surface area (Å²) < 4.78 is 0. The van der Waals surface area contributed by atoms with Crippen molar-refractivity contribution in [3.63, 3.8) is 0 Å². The molecule has 2 unspecified atom stereocenters. The van der Waals surface area contributed by atoms with E-state index < -0.39 is 0 Å². The van der Waals surface area contributed by atoms with Gasteiger partial charge in [-0.1, -0.05) is 46.5 Å². The van der Waals surface area contributed by atoms with Crippen molar-refractivity contribution in [1.29, 1.82) is 0 Å². The van der Waals surface area contributed by atoms with E-state index in [1.165, 1.54) is 22.3 Å². The molecule has 0 aromatic carbocycles. The summed E-state index contributed by atoms with van der Waals surface area (Å²) in [5.74, 6) is 1.12. The maximum atomic E-state index is 3.29. The Morgan fingerprint density at radius 3 is 1.55 bits per heavy atom. The van der Waals surface area contributed by atoms with Crippen molar-refractivity contribution in [2.45, 2.75) is 54.6 Å². The van der Waals surface area contributed by atoms with Gasteiger partial charge in [0.05, 0.1) is 0 Å². The van der Waals surface area contributed by atoms with Gasteiger partial charge < -0.3 is 24.8 Å². The summed E-state index contributed by atoms with van der Waals surface area (Å²) in [6, 6.07) is 0. The zero-order valence-electron chi connectivity index (χ0n) is 15.1. The van der Waals surface area contributed by atoms with Crippen LogP contribution in [-0.2, 0) is 19.2 Å². The topological polar surface area (TPSA) is 0 Å². The Labute approximate surface area is 162 Å². The second-order valence-corrected chi connectivity index (χ2v) is 12.5. The molecule has 124 valence electrons. The fraction of sp³-hybridized carbons (Fsp3) is 0.556. The van der Waals surface area contributed by atoms with Crippen LogP contribution in [0.4, 0.5) is 0 Å². The minimum atomic E-state index is 0. The Morgan fingerprint density at radius 1 is 1.00 bits per heavy atom. The summed E-state index contributed by atoms with van der Waals surface area (Å²) in [5.41, 5.74) is 5.42. The number of hydrogen-bond donors (Lipinski definition) is 0. The van der Waals surface area contributed by atoms with E-state index in [2.05, 4.69) is 98.1 Å². The Morgan fingerprint density at radius 2 is 1.45 bits per heavy atom. The molecule has 0 N–H and O–H groups in total. The summed E-state index contributed by atoms with van der Waals surface area (Å²) in [6.45, 7) is 17.3. The van der Waals surface area contributed by atoms with E-state index in [1.54, 1.807) is 0 Å². The molecule has 0 radical (unpaired) electrons. The van der Waals surface area contributed by atoms with Crippen LogP contribution in [0.2, 0.25) is 13.1 Å². The van der Waals surface area contributed by atoms with Crippen LogP contribution < -0.4 is 24.8 Å². The fourth-order valence-corrected chi connectivity index (χ4v) is 1.96. The van der Waals surface area contributed by atoms with E-state index in [0.717, 1.165) is 0 Å². The molecule has 2 aliphatic rings. The Bertz CT molecular complexity index is 451. The third kappa shape index (κ3) is 13.0. The van der Waals surface area contributed by atoms with E-state index in [1.807, 2.05) is 0 Å². The monoisotopic (exact) mass is 390 g/mol. The molecule has 4 heteroatoms. The van der Waals surface area contributed by atoms with Crippen LogP contribution in [0.3, 0.4) is 0 Å². The van der Waals surface area contributed by atoms with Gasteiger partial charge in [0.25, 0.3) is 0 Å². The third-order valence-electron chi connectivity index (χ3n) is 3.11. The summed E-state index contributed by atoms with van der Waals surface area (Å²) in [7, 11) is 0. The smallest absolute Gasteiger partial charge is 1.00 e. The van der Waals surface area contributed by atoms with Crippen molar-refractivity contribution in [3.05, 3.63) is 46.6 Å². The van der Waals surface area contributed by atoms with E-state index in [4.69, 9.17) is 0 Å². The SMILES string of the molecule is CC1=[C-]C(C)C(C)=C1.CC1=[C-]C(C)C=C1C.C[Si](C)=[Ti+2].[Cl-].[Cl-]. The Balaban J connectivity index is -0.000000249. The average molecular weight is 391 g/mol. The Kier molecular flexibility index (Phi) is 17.2. The molecule has 0 amide bonds. The van der Waals surface area contributed by atoms with Gasteiger partial charge in [-0.25, -0.2) is 22.8 Å². The third-order valence-corrected chi connectivity index (χ3v) is 3.11. The molecule has 2 aliphatic carbocycles. The van der Waals surface area contributed by atoms with Gasteiger partial charge in [-0.05, 0) is 0 Å². The molecule has 0 saturated carbocycles. The Hall–Kier alpha value is 0.471. The van der Waals surface area contributed by atoms with E-state index in [0.29, 0.717) is 11.8 Å². The van der Waals surface area contributed by atoms with Crippen molar-refractivity contribution in [3.8, 4) is 0 Å². The van der Waals surface area contributed by atoms with Crippen LogP contribution in [-0.4, -0.2) is 6.19 Å². The fourth-order valence-electron chi connectivity index (χ4n) is 1.96. The normalized spacial score (nSPS) is 21.4. The van der Waals surface area contributed by atoms with Crippen LogP contribution in [0.5, 0.6) is 0 Å². The van der Waals surface area contributed by atoms with Gasteiger partial charge >= 0.3 is 38.5 Å². The zero-order valence-corrected chi connectivity index (χ0v) is 19.1. The summed E-state index contributed by atoms with van der Waals surface area (Å²) >= 11 is 2.27. The van der Waals surface area contributed by atoms with Gasteiger partial charge in [-0.15, -0.1) is 6.92 Å². The van der Waals surface area contributed by atoms with Gasteiger partial charge in [0.1, 0.15) is 0 Å². The first-order valence-electron chi connectivity index (χ1n) is 7.22. The minimum absolute atomic E-state index is 0. The average Bonchev–Trinajstić information content (AvgIpc) is 2.70. The largest absolute Gasteiger partial charge is 1.00 e. The van der Waals surface area contributed by atoms with Gasteiger partial charge in [0, 0.05) is 0 Å². The zero-order chi connectivity index (χ0) is 15.9. The molecule has 0 aromatic heterocycles. The second-order valence-electron chi connectivity index (χ2n) is 5.85. The van der Waals surface area contributed by atoms with Crippen LogP contribution >= 0.6 is 0 Å². The van der Waals surface area contributed by atoms with Crippen molar-refractivity contribution in [2.75, 3.05) is 0 Å². The quantitative estimate of drug-likeness (QED) is 0.384. The van der Waals surface area contributed by atoms with Crippen LogP contribution in [0.1, 0.15) is 41.5 Å². The van der Waals surface area contributed by atoms with Gasteiger partial charge in [-0.2, -0.15) is 11.6 Å². The number of rotatable bonds is 0. The molecule has 2 atom stereocenters. The first kappa shape index (κ1) is 27.3. The molecule has 22 heavy (non-hydrogen) atoms. The van der Waals surface area contributed by atoms with Crippen LogP contribution in [0, 0.1) is 24.0 Å². The predicted molar refractivity (Wildman–Crippen MR) is 88.2 cm³/mol. The molecular weight excluding hydrogens is 363 g/mol. The molecule has 0 nitrogen and oxygen atoms in total. The van der Waals surface area contributed by atoms with Crippen LogP contribution in [0.15, 0.2) is 34.4 Å². The summed E-state index contributed by atoms with van der Waals surface area (Å²) in [6.07, 6.45) is 11.1. The van der Waals surface area contributed by atoms with Crippen molar-refractivity contribution in [1.82, 2.24) is 0 Å². The minimum Gasteiger partial charge on any atom is -1.00 e. The summed E-state index contributed by atoms with van der Waals surface area (Å²) in [4.78, 5) is 0. The number of hydrogen-bond acceptors (Lipinski definition) is 0. The molecule has 0 fully saturated rings. The molecule has 0 aliphatic heterocycles. The first-order valence-corrected chi connectivity index (χ1v) is 12.1. The number of halogens is 2. The van der Waals surface area contributed by atoms with Crippen LogP contribution in [0.25, 0.3) is 0 Å². The molecule has 0 heterocycles. The molecule has 0 saturated heterocycles. The standard InChI is InChI=1S/2C8H11.C2H6Si.2ClH.Ti/c2*1-6-4-7(2)8(3)5-6;1-3-2;;;/h4,8H,1-3H3;4,6H,1-3H3;1-2H3;2*1H;/q2*-1;;;;+2/p-2. The van der Waals surface area contributed by atoms with E-state index in [-0.39, 0.29) is 31.0 Å². The van der Waals surface area contributed by atoms with E-state index >= 15 is 0 Å². The summed E-state index contributed by atoms with van der Waals surface area (Å²) in [5, 5.41) is 0. The van der Waals surface area contributed by atoms with Crippen molar-refractivity contribution in [2.24, 2.45) is 11.8 Å².